The minimum atomic E-state index is -3.68. The molecule has 2 heterocycles. The third-order valence-corrected chi connectivity index (χ3v) is 5.05. The topological polar surface area (TPSA) is 102 Å². The third-order valence-electron chi connectivity index (χ3n) is 3.96. The molecule has 0 bridgehead atoms. The van der Waals surface area contributed by atoms with Crippen LogP contribution in [0.1, 0.15) is 5.56 Å². The summed E-state index contributed by atoms with van der Waals surface area (Å²) in [5.41, 5.74) is 1.75. The predicted molar refractivity (Wildman–Crippen MR) is 88.5 cm³/mol. The van der Waals surface area contributed by atoms with Gasteiger partial charge in [-0.1, -0.05) is 18.2 Å². The first-order chi connectivity index (χ1) is 11.4. The van der Waals surface area contributed by atoms with Crippen LogP contribution in [0.4, 0.5) is 0 Å². The van der Waals surface area contributed by atoms with Crippen molar-refractivity contribution in [1.29, 1.82) is 0 Å². The molecule has 0 radical (unpaired) electrons. The van der Waals surface area contributed by atoms with Crippen molar-refractivity contribution in [2.75, 3.05) is 26.2 Å². The Morgan fingerprint density at radius 2 is 1.79 bits per heavy atom. The van der Waals surface area contributed by atoms with Gasteiger partial charge in [-0.2, -0.15) is 17.8 Å². The maximum Gasteiger partial charge on any atom is 0.277 e. The van der Waals surface area contributed by atoms with Crippen LogP contribution < -0.4 is 5.14 Å². The molecular weight excluding hydrogens is 330 g/mol. The fraction of sp³-hybridized carbons (Fsp3) is 0.333. The molecule has 2 aromatic rings. The monoisotopic (exact) mass is 349 g/mol. The molecule has 24 heavy (non-hydrogen) atoms. The van der Waals surface area contributed by atoms with Crippen LogP contribution in [-0.4, -0.2) is 59.5 Å². The largest absolute Gasteiger partial charge is 0.340 e. The van der Waals surface area contributed by atoms with Crippen molar-refractivity contribution in [3.8, 4) is 5.69 Å². The maximum absolute atomic E-state index is 12.4. The Morgan fingerprint density at radius 1 is 1.12 bits per heavy atom. The molecule has 1 saturated heterocycles. The average Bonchev–Trinajstić information content (AvgIpc) is 3.03. The Kier molecular flexibility index (Phi) is 4.65. The van der Waals surface area contributed by atoms with Crippen LogP contribution in [0.25, 0.3) is 5.69 Å². The molecule has 128 valence electrons. The molecule has 0 spiro atoms. The van der Waals surface area contributed by atoms with E-state index < -0.39 is 10.2 Å². The van der Waals surface area contributed by atoms with E-state index in [1.807, 2.05) is 36.5 Å². The van der Waals surface area contributed by atoms with Gasteiger partial charge >= 0.3 is 0 Å². The highest BCUT2D eigenvalue weighted by Crippen LogP contribution is 2.11. The summed E-state index contributed by atoms with van der Waals surface area (Å²) in [5.74, 6) is -0.0447. The van der Waals surface area contributed by atoms with Gasteiger partial charge in [-0.15, -0.1) is 0 Å². The van der Waals surface area contributed by atoms with Gasteiger partial charge in [0.05, 0.1) is 18.3 Å². The fourth-order valence-corrected chi connectivity index (χ4v) is 3.32. The van der Waals surface area contributed by atoms with Crippen molar-refractivity contribution in [2.45, 2.75) is 6.42 Å². The molecule has 8 nitrogen and oxygen atoms in total. The van der Waals surface area contributed by atoms with E-state index in [1.165, 1.54) is 4.31 Å². The first kappa shape index (κ1) is 16.6. The van der Waals surface area contributed by atoms with E-state index in [2.05, 4.69) is 5.10 Å². The minimum absolute atomic E-state index is 0.0447. The number of nitrogens with two attached hydrogens (primary N) is 1. The van der Waals surface area contributed by atoms with Crippen molar-refractivity contribution < 1.29 is 13.2 Å². The fourth-order valence-electron chi connectivity index (χ4n) is 2.65. The molecule has 1 fully saturated rings. The van der Waals surface area contributed by atoms with E-state index in [0.717, 1.165) is 11.3 Å². The second kappa shape index (κ2) is 6.71. The molecule has 1 aromatic heterocycles. The van der Waals surface area contributed by atoms with E-state index in [4.69, 9.17) is 5.14 Å². The molecule has 3 rings (SSSR count). The van der Waals surface area contributed by atoms with Crippen LogP contribution in [0, 0.1) is 0 Å². The van der Waals surface area contributed by atoms with Gasteiger partial charge in [0.15, 0.2) is 0 Å². The lowest BCUT2D eigenvalue weighted by Gasteiger charge is -2.32. The zero-order valence-electron chi connectivity index (χ0n) is 13.1. The molecule has 0 saturated carbocycles. The zero-order valence-corrected chi connectivity index (χ0v) is 13.9. The molecule has 9 heteroatoms. The number of carbonyl (C=O) groups excluding carboxylic acids is 1. The number of amides is 1. The molecule has 1 aromatic carbocycles. The van der Waals surface area contributed by atoms with E-state index in [9.17, 15) is 13.2 Å². The smallest absolute Gasteiger partial charge is 0.277 e. The summed E-state index contributed by atoms with van der Waals surface area (Å²) in [6.45, 7) is 1.16. The number of hydrogen-bond acceptors (Lipinski definition) is 4. The number of aromatic nitrogens is 2. The molecule has 0 atom stereocenters. The van der Waals surface area contributed by atoms with E-state index in [-0.39, 0.29) is 25.4 Å². The normalized spacial score (nSPS) is 16.3. The van der Waals surface area contributed by atoms with Crippen LogP contribution in [0.5, 0.6) is 0 Å². The van der Waals surface area contributed by atoms with Gasteiger partial charge in [-0.3, -0.25) is 4.79 Å². The zero-order chi connectivity index (χ0) is 17.2. The Morgan fingerprint density at radius 3 is 2.42 bits per heavy atom. The van der Waals surface area contributed by atoms with E-state index >= 15 is 0 Å². The van der Waals surface area contributed by atoms with Gasteiger partial charge in [0.25, 0.3) is 10.2 Å². The van der Waals surface area contributed by atoms with Gasteiger partial charge in [0, 0.05) is 32.4 Å². The summed E-state index contributed by atoms with van der Waals surface area (Å²) in [6.07, 6.45) is 3.74. The number of carbonyl (C=O) groups is 1. The second-order valence-corrected chi connectivity index (χ2v) is 7.18. The highest BCUT2D eigenvalue weighted by Gasteiger charge is 2.26. The highest BCUT2D eigenvalue weighted by atomic mass is 32.2. The van der Waals surface area contributed by atoms with Gasteiger partial charge in [0.1, 0.15) is 0 Å². The first-order valence-corrected chi connectivity index (χ1v) is 9.08. The predicted octanol–water partition coefficient (Wildman–Crippen LogP) is -0.237. The third kappa shape index (κ3) is 3.81. The first-order valence-electron chi connectivity index (χ1n) is 7.58. The summed E-state index contributed by atoms with van der Waals surface area (Å²) in [7, 11) is -3.68. The van der Waals surface area contributed by atoms with E-state index in [1.54, 1.807) is 15.8 Å². The lowest BCUT2D eigenvalue weighted by Crippen LogP contribution is -2.52. The van der Waals surface area contributed by atoms with Crippen LogP contribution in [0.2, 0.25) is 0 Å². The van der Waals surface area contributed by atoms with Gasteiger partial charge in [-0.05, 0) is 17.7 Å². The molecule has 2 N–H and O–H groups in total. The lowest BCUT2D eigenvalue weighted by atomic mass is 10.2. The van der Waals surface area contributed by atoms with Gasteiger partial charge in [0.2, 0.25) is 5.91 Å². The summed E-state index contributed by atoms with van der Waals surface area (Å²) in [5, 5.41) is 9.37. The number of para-hydroxylation sites is 1. The van der Waals surface area contributed by atoms with Crippen molar-refractivity contribution in [2.24, 2.45) is 5.14 Å². The number of hydrogen-bond donors (Lipinski definition) is 1. The number of nitrogens with zero attached hydrogens (tertiary/aromatic N) is 4. The second-order valence-electron chi connectivity index (χ2n) is 5.63. The Bertz CT molecular complexity index is 811. The van der Waals surface area contributed by atoms with Crippen molar-refractivity contribution >= 4 is 16.1 Å². The summed E-state index contributed by atoms with van der Waals surface area (Å²) >= 11 is 0. The quantitative estimate of drug-likeness (QED) is 0.823. The number of rotatable bonds is 4. The summed E-state index contributed by atoms with van der Waals surface area (Å²) < 4.78 is 25.5. The minimum Gasteiger partial charge on any atom is -0.340 e. The molecule has 1 aliphatic rings. The van der Waals surface area contributed by atoms with Crippen LogP contribution in [0.15, 0.2) is 42.7 Å². The Hall–Kier alpha value is -2.23. The molecule has 1 amide bonds. The van der Waals surface area contributed by atoms with Crippen molar-refractivity contribution in [1.82, 2.24) is 19.0 Å². The SMILES string of the molecule is NS(=O)(=O)N1CCN(C(=O)Cc2cnn(-c3ccccc3)c2)CC1. The average molecular weight is 349 g/mol. The maximum atomic E-state index is 12.4. The van der Waals surface area contributed by atoms with Crippen molar-refractivity contribution in [3.05, 3.63) is 48.3 Å². The summed E-state index contributed by atoms with van der Waals surface area (Å²) in [6, 6.07) is 9.65. The summed E-state index contributed by atoms with van der Waals surface area (Å²) in [4.78, 5) is 14.0. The lowest BCUT2D eigenvalue weighted by molar-refractivity contribution is -0.131. The standard InChI is InChI=1S/C15H19N5O3S/c16-24(22,23)19-8-6-18(7-9-19)15(21)10-13-11-17-20(12-13)14-4-2-1-3-5-14/h1-5,11-12H,6-10H2,(H2,16,22,23). The van der Waals surface area contributed by atoms with Crippen LogP contribution in [-0.2, 0) is 21.4 Å². The highest BCUT2D eigenvalue weighted by molar-refractivity contribution is 7.86. The van der Waals surface area contributed by atoms with Gasteiger partial charge < -0.3 is 4.90 Å². The number of benzene rings is 1. The molecular formula is C15H19N5O3S. The van der Waals surface area contributed by atoms with Gasteiger partial charge in [-0.25, -0.2) is 9.82 Å². The Labute approximate surface area is 140 Å². The van der Waals surface area contributed by atoms with Crippen molar-refractivity contribution in [3.63, 3.8) is 0 Å². The molecule has 0 aliphatic carbocycles. The van der Waals surface area contributed by atoms with Crippen LogP contribution in [0.3, 0.4) is 0 Å². The molecule has 0 unspecified atom stereocenters. The van der Waals surface area contributed by atoms with E-state index in [0.29, 0.717) is 13.1 Å². The van der Waals surface area contributed by atoms with Crippen LogP contribution >= 0.6 is 0 Å². The molecule has 1 aliphatic heterocycles. The Balaban J connectivity index is 1.59. The number of piperazine rings is 1.